The fraction of sp³-hybridized carbons (Fsp3) is 0.250. The fourth-order valence-corrected chi connectivity index (χ4v) is 2.74. The number of aromatic nitrogens is 1. The van der Waals surface area contributed by atoms with Crippen molar-refractivity contribution < 1.29 is 0 Å². The van der Waals surface area contributed by atoms with E-state index in [-0.39, 0.29) is 6.04 Å². The Balaban J connectivity index is 1.58. The highest BCUT2D eigenvalue weighted by molar-refractivity contribution is 5.74. The summed E-state index contributed by atoms with van der Waals surface area (Å²) < 4.78 is 0. The van der Waals surface area contributed by atoms with Crippen molar-refractivity contribution in [2.75, 3.05) is 10.6 Å². The maximum absolute atomic E-state index is 11.9. The first-order valence-electron chi connectivity index (χ1n) is 8.41. The van der Waals surface area contributed by atoms with E-state index in [1.807, 2.05) is 37.3 Å². The van der Waals surface area contributed by atoms with Gasteiger partial charge in [0.15, 0.2) is 0 Å². The molecule has 5 heteroatoms. The highest BCUT2D eigenvalue weighted by atomic mass is 16.2. The lowest BCUT2D eigenvalue weighted by Crippen LogP contribution is -2.39. The number of nitrogens with zero attached hydrogens (tertiary/aromatic N) is 1. The Morgan fingerprint density at radius 2 is 1.60 bits per heavy atom. The highest BCUT2D eigenvalue weighted by Crippen LogP contribution is 2.18. The number of anilines is 2. The summed E-state index contributed by atoms with van der Waals surface area (Å²) in [5, 5.41) is 6.25. The van der Waals surface area contributed by atoms with Crippen LogP contribution in [0.3, 0.4) is 0 Å². The smallest absolute Gasteiger partial charge is 0.253 e. The molecule has 0 amide bonds. The molecule has 0 radical (unpaired) electrons. The molecular formula is C20H21N3O2. The van der Waals surface area contributed by atoms with Gasteiger partial charge in [0.1, 0.15) is 11.4 Å². The molecule has 0 saturated carbocycles. The third kappa shape index (κ3) is 4.12. The molecule has 0 unspecified atom stereocenters. The van der Waals surface area contributed by atoms with E-state index < -0.39 is 10.9 Å². The Bertz CT molecular complexity index is 884. The minimum Gasteiger partial charge on any atom is -0.377 e. The second-order valence-corrected chi connectivity index (χ2v) is 6.19. The van der Waals surface area contributed by atoms with Gasteiger partial charge in [-0.25, -0.2) is 0 Å². The molecule has 1 heterocycles. The average molecular weight is 335 g/mol. The molecule has 0 fully saturated rings. The minimum atomic E-state index is -0.452. The third-order valence-corrected chi connectivity index (χ3v) is 4.23. The van der Waals surface area contributed by atoms with Gasteiger partial charge >= 0.3 is 0 Å². The van der Waals surface area contributed by atoms with Gasteiger partial charge in [0, 0.05) is 25.0 Å². The first kappa shape index (κ1) is 16.9. The predicted octanol–water partition coefficient (Wildman–Crippen LogP) is 2.72. The lowest BCUT2D eigenvalue weighted by molar-refractivity contribution is 0.704. The molecule has 3 aromatic rings. The van der Waals surface area contributed by atoms with Gasteiger partial charge in [-0.15, -0.1) is 0 Å². The zero-order chi connectivity index (χ0) is 17.6. The van der Waals surface area contributed by atoms with Crippen LogP contribution in [0.2, 0.25) is 0 Å². The van der Waals surface area contributed by atoms with Crippen molar-refractivity contribution in [3.8, 4) is 0 Å². The average Bonchev–Trinajstić information content (AvgIpc) is 2.67. The Labute approximate surface area is 146 Å². The van der Waals surface area contributed by atoms with Gasteiger partial charge in [-0.2, -0.15) is 0 Å². The van der Waals surface area contributed by atoms with Crippen molar-refractivity contribution in [2.24, 2.45) is 0 Å². The Hall–Kier alpha value is -2.95. The summed E-state index contributed by atoms with van der Waals surface area (Å²) in [6, 6.07) is 14.1. The van der Waals surface area contributed by atoms with E-state index in [9.17, 15) is 9.59 Å². The molecule has 25 heavy (non-hydrogen) atoms. The number of benzene rings is 1. The van der Waals surface area contributed by atoms with E-state index in [0.29, 0.717) is 17.9 Å². The molecule has 2 N–H and O–H groups in total. The molecule has 0 aliphatic heterocycles. The predicted molar refractivity (Wildman–Crippen MR) is 101 cm³/mol. The monoisotopic (exact) mass is 335 g/mol. The molecule has 1 atom stereocenters. The summed E-state index contributed by atoms with van der Waals surface area (Å²) in [6.07, 6.45) is 5.20. The first-order valence-corrected chi connectivity index (χ1v) is 8.41. The molecule has 2 aromatic carbocycles. The van der Waals surface area contributed by atoms with Crippen LogP contribution in [0.1, 0.15) is 24.5 Å². The van der Waals surface area contributed by atoms with Crippen molar-refractivity contribution in [3.05, 3.63) is 86.4 Å². The van der Waals surface area contributed by atoms with Gasteiger partial charge in [-0.05, 0) is 43.0 Å². The van der Waals surface area contributed by atoms with Crippen molar-refractivity contribution in [1.29, 1.82) is 0 Å². The first-order chi connectivity index (χ1) is 12.1. The van der Waals surface area contributed by atoms with Crippen LogP contribution in [0.4, 0.5) is 11.4 Å². The van der Waals surface area contributed by atoms with Gasteiger partial charge in [-0.1, -0.05) is 30.3 Å². The largest absolute Gasteiger partial charge is 0.377 e. The standard InChI is InChI=1S/C20H21N3O2/c1-14(7-8-15-5-3-2-4-6-15)23-18-17(19(24)20(18)25)22-13-16-9-11-21-12-10-16/h2-6,9-12,14,22-23H,7-8,13H2,1H3/t14-/m0/s1. The topological polar surface area (TPSA) is 71.1 Å². The molecule has 0 saturated heterocycles. The number of nitrogens with one attached hydrogen (secondary N) is 2. The molecule has 0 aliphatic carbocycles. The van der Waals surface area contributed by atoms with E-state index in [0.717, 1.165) is 18.4 Å². The van der Waals surface area contributed by atoms with Crippen LogP contribution in [-0.4, -0.2) is 11.0 Å². The molecular weight excluding hydrogens is 314 g/mol. The summed E-state index contributed by atoms with van der Waals surface area (Å²) in [7, 11) is 0. The van der Waals surface area contributed by atoms with Crippen LogP contribution >= 0.6 is 0 Å². The van der Waals surface area contributed by atoms with E-state index in [4.69, 9.17) is 0 Å². The second-order valence-electron chi connectivity index (χ2n) is 6.19. The third-order valence-electron chi connectivity index (χ3n) is 4.23. The second kappa shape index (κ2) is 7.75. The summed E-state index contributed by atoms with van der Waals surface area (Å²) in [5.74, 6) is 0. The van der Waals surface area contributed by atoms with E-state index in [2.05, 4.69) is 27.8 Å². The molecule has 0 aliphatic rings. The van der Waals surface area contributed by atoms with Crippen molar-refractivity contribution >= 4 is 11.4 Å². The van der Waals surface area contributed by atoms with Gasteiger partial charge in [0.25, 0.3) is 10.9 Å². The normalized spacial score (nSPS) is 12.0. The van der Waals surface area contributed by atoms with Gasteiger partial charge in [0.05, 0.1) is 0 Å². The quantitative estimate of drug-likeness (QED) is 0.619. The maximum atomic E-state index is 11.9. The number of rotatable bonds is 8. The Morgan fingerprint density at radius 3 is 2.32 bits per heavy atom. The van der Waals surface area contributed by atoms with E-state index in [1.54, 1.807) is 12.4 Å². The van der Waals surface area contributed by atoms with Crippen LogP contribution in [0.25, 0.3) is 0 Å². The summed E-state index contributed by atoms with van der Waals surface area (Å²) in [6.45, 7) is 2.51. The number of aryl methyl sites for hydroxylation is 1. The highest BCUT2D eigenvalue weighted by Gasteiger charge is 2.21. The SMILES string of the molecule is C[C@@H](CCc1ccccc1)Nc1c(NCc2ccncc2)c(=O)c1=O. The fourth-order valence-electron chi connectivity index (χ4n) is 2.74. The molecule has 0 spiro atoms. The Kier molecular flexibility index (Phi) is 5.23. The minimum absolute atomic E-state index is 0.102. The summed E-state index contributed by atoms with van der Waals surface area (Å²) in [4.78, 5) is 27.7. The van der Waals surface area contributed by atoms with Crippen molar-refractivity contribution in [1.82, 2.24) is 4.98 Å². The van der Waals surface area contributed by atoms with Crippen LogP contribution in [0.15, 0.2) is 64.4 Å². The van der Waals surface area contributed by atoms with Crippen LogP contribution in [0, 0.1) is 0 Å². The molecule has 128 valence electrons. The number of hydrogen-bond donors (Lipinski definition) is 2. The van der Waals surface area contributed by atoms with Crippen molar-refractivity contribution in [3.63, 3.8) is 0 Å². The Morgan fingerprint density at radius 1 is 0.920 bits per heavy atom. The van der Waals surface area contributed by atoms with E-state index >= 15 is 0 Å². The molecule has 0 bridgehead atoms. The molecule has 5 nitrogen and oxygen atoms in total. The van der Waals surface area contributed by atoms with Crippen molar-refractivity contribution in [2.45, 2.75) is 32.4 Å². The van der Waals surface area contributed by atoms with Crippen LogP contribution in [-0.2, 0) is 13.0 Å². The van der Waals surface area contributed by atoms with Gasteiger partial charge in [-0.3, -0.25) is 14.6 Å². The lowest BCUT2D eigenvalue weighted by Gasteiger charge is -2.19. The van der Waals surface area contributed by atoms with Gasteiger partial charge < -0.3 is 10.6 Å². The van der Waals surface area contributed by atoms with Crippen LogP contribution < -0.4 is 21.5 Å². The summed E-state index contributed by atoms with van der Waals surface area (Å²) >= 11 is 0. The number of hydrogen-bond acceptors (Lipinski definition) is 5. The molecule has 1 aromatic heterocycles. The van der Waals surface area contributed by atoms with E-state index in [1.165, 1.54) is 5.56 Å². The maximum Gasteiger partial charge on any atom is 0.253 e. The summed E-state index contributed by atoms with van der Waals surface area (Å²) in [5.41, 5.74) is 2.16. The zero-order valence-corrected chi connectivity index (χ0v) is 14.2. The number of pyridine rings is 1. The van der Waals surface area contributed by atoms with Crippen LogP contribution in [0.5, 0.6) is 0 Å². The van der Waals surface area contributed by atoms with Gasteiger partial charge in [0.2, 0.25) is 0 Å². The molecule has 3 rings (SSSR count). The zero-order valence-electron chi connectivity index (χ0n) is 14.2. The lowest BCUT2D eigenvalue weighted by atomic mass is 10.1.